The molecule has 4 rings (SSSR count). The molecule has 5 heteroatoms. The Hall–Kier alpha value is -1.88. The van der Waals surface area contributed by atoms with Gasteiger partial charge in [0.1, 0.15) is 0 Å². The second kappa shape index (κ2) is 9.29. The zero-order valence-corrected chi connectivity index (χ0v) is 17.8. The van der Waals surface area contributed by atoms with Crippen LogP contribution in [0, 0.1) is 5.92 Å². The third kappa shape index (κ3) is 4.66. The second-order valence-corrected chi connectivity index (χ2v) is 8.97. The van der Waals surface area contributed by atoms with E-state index in [9.17, 15) is 9.59 Å². The maximum atomic E-state index is 13.1. The number of piperidine rings is 1. The Kier molecular flexibility index (Phi) is 6.53. The van der Waals surface area contributed by atoms with E-state index in [-0.39, 0.29) is 17.7 Å². The molecule has 1 aromatic rings. The van der Waals surface area contributed by atoms with Crippen molar-refractivity contribution in [1.29, 1.82) is 0 Å². The monoisotopic (exact) mass is 397 g/mol. The molecule has 3 fully saturated rings. The number of anilines is 1. The van der Waals surface area contributed by atoms with Gasteiger partial charge in [0.2, 0.25) is 11.8 Å². The molecule has 0 bridgehead atoms. The van der Waals surface area contributed by atoms with Crippen molar-refractivity contribution in [3.8, 4) is 0 Å². The van der Waals surface area contributed by atoms with Crippen LogP contribution in [0.3, 0.4) is 0 Å². The number of aryl methyl sites for hydroxylation is 1. The van der Waals surface area contributed by atoms with Crippen molar-refractivity contribution in [1.82, 2.24) is 9.80 Å². The van der Waals surface area contributed by atoms with Crippen LogP contribution < -0.4 is 4.90 Å². The molecule has 0 N–H and O–H groups in total. The average molecular weight is 398 g/mol. The van der Waals surface area contributed by atoms with Crippen LogP contribution in [0.1, 0.15) is 57.4 Å². The highest BCUT2D eigenvalue weighted by molar-refractivity contribution is 6.00. The SMILES string of the molecule is CCCCc1ccc(N2CC(C(=O)N3CCC(N4CCCC4)CC3)CC2=O)cc1. The number of hydrogen-bond donors (Lipinski definition) is 0. The van der Waals surface area contributed by atoms with E-state index >= 15 is 0 Å². The number of rotatable bonds is 6. The number of carbonyl (C=O) groups is 2. The molecular weight excluding hydrogens is 362 g/mol. The lowest BCUT2D eigenvalue weighted by Gasteiger charge is -2.37. The number of unbranched alkanes of at least 4 members (excludes halogenated alkanes) is 1. The van der Waals surface area contributed by atoms with Crippen molar-refractivity contribution in [3.05, 3.63) is 29.8 Å². The minimum absolute atomic E-state index is 0.0802. The summed E-state index contributed by atoms with van der Waals surface area (Å²) in [4.78, 5) is 32.1. The molecule has 2 amide bonds. The van der Waals surface area contributed by atoms with Crippen LogP contribution >= 0.6 is 0 Å². The molecule has 3 aliphatic rings. The Labute approximate surface area is 175 Å². The van der Waals surface area contributed by atoms with E-state index in [0.29, 0.717) is 19.0 Å². The summed E-state index contributed by atoms with van der Waals surface area (Å²) in [6, 6.07) is 8.97. The summed E-state index contributed by atoms with van der Waals surface area (Å²) in [6.07, 6.45) is 8.60. The summed E-state index contributed by atoms with van der Waals surface area (Å²) in [7, 11) is 0. The smallest absolute Gasteiger partial charge is 0.228 e. The van der Waals surface area contributed by atoms with E-state index < -0.39 is 0 Å². The molecule has 0 spiro atoms. The molecule has 0 aliphatic carbocycles. The molecule has 3 aliphatic heterocycles. The maximum Gasteiger partial charge on any atom is 0.228 e. The van der Waals surface area contributed by atoms with Gasteiger partial charge in [-0.25, -0.2) is 0 Å². The van der Waals surface area contributed by atoms with Gasteiger partial charge in [0.15, 0.2) is 0 Å². The lowest BCUT2D eigenvalue weighted by molar-refractivity contribution is -0.137. The summed E-state index contributed by atoms with van der Waals surface area (Å²) < 4.78 is 0. The van der Waals surface area contributed by atoms with Crippen LogP contribution in [0.5, 0.6) is 0 Å². The third-order valence-electron chi connectivity index (χ3n) is 6.97. The van der Waals surface area contributed by atoms with E-state index in [1.54, 1.807) is 0 Å². The topological polar surface area (TPSA) is 43.9 Å². The van der Waals surface area contributed by atoms with Gasteiger partial charge in [-0.05, 0) is 69.3 Å². The van der Waals surface area contributed by atoms with Gasteiger partial charge in [-0.1, -0.05) is 25.5 Å². The van der Waals surface area contributed by atoms with E-state index in [4.69, 9.17) is 0 Å². The molecule has 5 nitrogen and oxygen atoms in total. The maximum absolute atomic E-state index is 13.1. The van der Waals surface area contributed by atoms with Gasteiger partial charge in [0, 0.05) is 37.8 Å². The highest BCUT2D eigenvalue weighted by Crippen LogP contribution is 2.28. The van der Waals surface area contributed by atoms with E-state index in [1.807, 2.05) is 21.9 Å². The number of carbonyl (C=O) groups excluding carboxylic acids is 2. The fourth-order valence-corrected chi connectivity index (χ4v) is 5.16. The Morgan fingerprint density at radius 3 is 2.38 bits per heavy atom. The van der Waals surface area contributed by atoms with Gasteiger partial charge in [-0.2, -0.15) is 0 Å². The summed E-state index contributed by atoms with van der Waals surface area (Å²) in [5.74, 6) is 0.0718. The molecule has 3 saturated heterocycles. The van der Waals surface area contributed by atoms with Gasteiger partial charge < -0.3 is 14.7 Å². The Morgan fingerprint density at radius 1 is 1.03 bits per heavy atom. The fourth-order valence-electron chi connectivity index (χ4n) is 5.16. The van der Waals surface area contributed by atoms with E-state index in [1.165, 1.54) is 44.3 Å². The minimum atomic E-state index is -0.189. The molecular formula is C24H35N3O2. The molecule has 1 aromatic carbocycles. The van der Waals surface area contributed by atoms with Crippen molar-refractivity contribution in [2.24, 2.45) is 5.92 Å². The third-order valence-corrected chi connectivity index (χ3v) is 6.97. The van der Waals surface area contributed by atoms with E-state index in [0.717, 1.165) is 38.0 Å². The average Bonchev–Trinajstić information content (AvgIpc) is 3.42. The molecule has 1 atom stereocenters. The van der Waals surface area contributed by atoms with Crippen molar-refractivity contribution in [2.45, 2.75) is 64.3 Å². The summed E-state index contributed by atoms with van der Waals surface area (Å²) >= 11 is 0. The zero-order chi connectivity index (χ0) is 20.2. The zero-order valence-electron chi connectivity index (χ0n) is 17.8. The molecule has 3 heterocycles. The van der Waals surface area contributed by atoms with Gasteiger partial charge in [0.25, 0.3) is 0 Å². The highest BCUT2D eigenvalue weighted by atomic mass is 16.2. The van der Waals surface area contributed by atoms with Crippen LogP contribution in [-0.2, 0) is 16.0 Å². The lowest BCUT2D eigenvalue weighted by Crippen LogP contribution is -2.47. The Morgan fingerprint density at radius 2 is 1.72 bits per heavy atom. The van der Waals surface area contributed by atoms with Gasteiger partial charge in [0.05, 0.1) is 5.92 Å². The molecule has 0 saturated carbocycles. The van der Waals surface area contributed by atoms with Crippen LogP contribution in [0.4, 0.5) is 5.69 Å². The first-order valence-corrected chi connectivity index (χ1v) is 11.6. The quantitative estimate of drug-likeness (QED) is 0.738. The predicted molar refractivity (Wildman–Crippen MR) is 116 cm³/mol. The second-order valence-electron chi connectivity index (χ2n) is 8.97. The van der Waals surface area contributed by atoms with Crippen LogP contribution in [0.25, 0.3) is 0 Å². The fraction of sp³-hybridized carbons (Fsp3) is 0.667. The molecule has 29 heavy (non-hydrogen) atoms. The number of benzene rings is 1. The summed E-state index contributed by atoms with van der Waals surface area (Å²) in [5.41, 5.74) is 2.24. The van der Waals surface area contributed by atoms with Gasteiger partial charge in [-0.15, -0.1) is 0 Å². The Bertz CT molecular complexity index is 703. The van der Waals surface area contributed by atoms with Crippen LogP contribution in [-0.4, -0.2) is 60.4 Å². The number of likely N-dealkylation sites (tertiary alicyclic amines) is 2. The number of nitrogens with zero attached hydrogens (tertiary/aromatic N) is 3. The molecule has 0 radical (unpaired) electrons. The predicted octanol–water partition coefficient (Wildman–Crippen LogP) is 3.47. The summed E-state index contributed by atoms with van der Waals surface area (Å²) in [6.45, 7) is 6.86. The van der Waals surface area contributed by atoms with Gasteiger partial charge in [-0.3, -0.25) is 9.59 Å². The van der Waals surface area contributed by atoms with Crippen molar-refractivity contribution in [2.75, 3.05) is 37.6 Å². The van der Waals surface area contributed by atoms with Gasteiger partial charge >= 0.3 is 0 Å². The first-order valence-electron chi connectivity index (χ1n) is 11.6. The minimum Gasteiger partial charge on any atom is -0.342 e. The number of hydrogen-bond acceptors (Lipinski definition) is 3. The largest absolute Gasteiger partial charge is 0.342 e. The highest BCUT2D eigenvalue weighted by Gasteiger charge is 2.38. The van der Waals surface area contributed by atoms with E-state index in [2.05, 4.69) is 24.0 Å². The number of amides is 2. The lowest BCUT2D eigenvalue weighted by atomic mass is 10.0. The van der Waals surface area contributed by atoms with Crippen LogP contribution in [0.15, 0.2) is 24.3 Å². The first-order chi connectivity index (χ1) is 14.2. The molecule has 0 aromatic heterocycles. The summed E-state index contributed by atoms with van der Waals surface area (Å²) in [5, 5.41) is 0. The first kappa shape index (κ1) is 20.4. The van der Waals surface area contributed by atoms with Crippen molar-refractivity contribution < 1.29 is 9.59 Å². The van der Waals surface area contributed by atoms with Crippen molar-refractivity contribution >= 4 is 17.5 Å². The van der Waals surface area contributed by atoms with Crippen LogP contribution in [0.2, 0.25) is 0 Å². The van der Waals surface area contributed by atoms with Crippen molar-refractivity contribution in [3.63, 3.8) is 0 Å². The molecule has 158 valence electrons. The Balaban J connectivity index is 1.31. The standard InChI is InChI=1S/C24H35N3O2/c1-2-3-6-19-7-9-22(10-8-19)27-18-20(17-23(27)28)24(29)26-15-11-21(12-16-26)25-13-4-5-14-25/h7-10,20-21H,2-6,11-18H2,1H3. The molecule has 1 unspecified atom stereocenters. The normalized spacial score (nSPS) is 23.9.